The van der Waals surface area contributed by atoms with Gasteiger partial charge in [-0.3, -0.25) is 4.79 Å². The molecule has 0 aromatic carbocycles. The zero-order valence-electron chi connectivity index (χ0n) is 15.5. The van der Waals surface area contributed by atoms with Crippen molar-refractivity contribution < 1.29 is 14.7 Å². The molecule has 4 heterocycles. The Kier molecular flexibility index (Phi) is 4.21. The molecule has 0 saturated carbocycles. The van der Waals surface area contributed by atoms with E-state index in [1.807, 2.05) is 0 Å². The summed E-state index contributed by atoms with van der Waals surface area (Å²) in [5, 5.41) is 9.43. The van der Waals surface area contributed by atoms with E-state index >= 15 is 0 Å². The molecule has 4 saturated heterocycles. The fourth-order valence-electron chi connectivity index (χ4n) is 5.86. The average Bonchev–Trinajstić information content (AvgIpc) is 3.02. The maximum absolute atomic E-state index is 12.3. The molecule has 25 heavy (non-hydrogen) atoms. The summed E-state index contributed by atoms with van der Waals surface area (Å²) in [5.74, 6) is 0.330. The van der Waals surface area contributed by atoms with Gasteiger partial charge in [0, 0.05) is 37.1 Å². The smallest absolute Gasteiger partial charge is 0.407 e. The molecule has 4 aliphatic heterocycles. The maximum Gasteiger partial charge on any atom is 0.407 e. The van der Waals surface area contributed by atoms with Crippen LogP contribution in [0.25, 0.3) is 0 Å². The van der Waals surface area contributed by atoms with Crippen molar-refractivity contribution in [2.75, 3.05) is 19.6 Å². The van der Waals surface area contributed by atoms with Gasteiger partial charge in [0.1, 0.15) is 0 Å². The second kappa shape index (κ2) is 6.15. The van der Waals surface area contributed by atoms with Crippen molar-refractivity contribution in [1.29, 1.82) is 0 Å². The number of rotatable bonds is 2. The van der Waals surface area contributed by atoms with E-state index in [0.29, 0.717) is 18.0 Å². The number of likely N-dealkylation sites (tertiary alicyclic amines) is 2. The van der Waals surface area contributed by atoms with Gasteiger partial charge in [-0.05, 0) is 70.9 Å². The van der Waals surface area contributed by atoms with E-state index in [4.69, 9.17) is 0 Å². The third-order valence-corrected chi connectivity index (χ3v) is 7.28. The topological polar surface area (TPSA) is 64.1 Å². The Morgan fingerprint density at radius 3 is 2.20 bits per heavy atom. The van der Waals surface area contributed by atoms with Crippen molar-refractivity contribution in [3.63, 3.8) is 0 Å². The highest BCUT2D eigenvalue weighted by Crippen LogP contribution is 2.44. The van der Waals surface area contributed by atoms with Crippen molar-refractivity contribution >= 4 is 12.0 Å². The highest BCUT2D eigenvalue weighted by atomic mass is 16.4. The molecule has 4 fully saturated rings. The van der Waals surface area contributed by atoms with Crippen molar-refractivity contribution in [2.45, 2.75) is 83.0 Å². The summed E-state index contributed by atoms with van der Waals surface area (Å²) < 4.78 is 0. The Balaban J connectivity index is 1.36. The molecule has 4 rings (SSSR count). The van der Waals surface area contributed by atoms with E-state index in [0.717, 1.165) is 64.6 Å². The van der Waals surface area contributed by atoms with Crippen LogP contribution in [0.15, 0.2) is 0 Å². The first-order valence-electron chi connectivity index (χ1n) is 9.93. The number of carbonyl (C=O) groups excluding carboxylic acids is 1. The van der Waals surface area contributed by atoms with Gasteiger partial charge in [-0.1, -0.05) is 0 Å². The minimum absolute atomic E-state index is 0.193. The van der Waals surface area contributed by atoms with Gasteiger partial charge in [0.15, 0.2) is 0 Å². The van der Waals surface area contributed by atoms with Gasteiger partial charge in [-0.25, -0.2) is 4.79 Å². The van der Waals surface area contributed by atoms with Gasteiger partial charge in [0.05, 0.1) is 0 Å². The third kappa shape index (κ3) is 2.92. The molecular formula is C19H31N3O3. The van der Waals surface area contributed by atoms with Crippen molar-refractivity contribution in [3.8, 4) is 0 Å². The molecule has 2 bridgehead atoms. The zero-order valence-corrected chi connectivity index (χ0v) is 15.5. The Morgan fingerprint density at radius 1 is 1.12 bits per heavy atom. The van der Waals surface area contributed by atoms with Gasteiger partial charge in [-0.15, -0.1) is 0 Å². The molecule has 140 valence electrons. The molecule has 1 N–H and O–H groups in total. The third-order valence-electron chi connectivity index (χ3n) is 7.28. The fourth-order valence-corrected chi connectivity index (χ4v) is 5.86. The van der Waals surface area contributed by atoms with Crippen molar-refractivity contribution in [1.82, 2.24) is 14.7 Å². The number of fused-ring (bicyclic) bond motifs is 2. The van der Waals surface area contributed by atoms with Crippen molar-refractivity contribution in [2.24, 2.45) is 5.41 Å². The monoisotopic (exact) mass is 349 g/mol. The SMILES string of the molecule is CC(C)N1CC2(CCN(C3CC4CCC(C3)N4C(=O)O)CC2)CC1=O. The normalized spacial score (nSPS) is 35.2. The quantitative estimate of drug-likeness (QED) is 0.831. The minimum atomic E-state index is -0.734. The molecule has 2 unspecified atom stereocenters. The van der Waals surface area contributed by atoms with Gasteiger partial charge in [0.2, 0.25) is 5.91 Å². The summed E-state index contributed by atoms with van der Waals surface area (Å²) in [6.45, 7) is 7.28. The Labute approximate surface area is 150 Å². The van der Waals surface area contributed by atoms with Crippen LogP contribution in [0, 0.1) is 5.41 Å². The van der Waals surface area contributed by atoms with Crippen LogP contribution < -0.4 is 0 Å². The minimum Gasteiger partial charge on any atom is -0.465 e. The second-order valence-corrected chi connectivity index (χ2v) is 9.03. The molecule has 0 radical (unpaired) electrons. The van der Waals surface area contributed by atoms with Crippen LogP contribution >= 0.6 is 0 Å². The van der Waals surface area contributed by atoms with Gasteiger partial charge < -0.3 is 19.8 Å². The summed E-state index contributed by atoms with van der Waals surface area (Å²) in [6, 6.07) is 1.29. The number of hydrogen-bond acceptors (Lipinski definition) is 3. The first-order valence-corrected chi connectivity index (χ1v) is 9.93. The standard InChI is InChI=1S/C19H31N3O3/c1-13(2)21-12-19(11-17(21)23)5-7-20(8-6-19)16-9-14-3-4-15(10-16)22(14)18(24)25/h13-16H,3-12H2,1-2H3,(H,24,25). The lowest BCUT2D eigenvalue weighted by atomic mass is 9.77. The zero-order chi connectivity index (χ0) is 17.8. The summed E-state index contributed by atoms with van der Waals surface area (Å²) in [4.78, 5) is 30.2. The van der Waals surface area contributed by atoms with Crippen LogP contribution in [0.3, 0.4) is 0 Å². The lowest BCUT2D eigenvalue weighted by Crippen LogP contribution is -2.54. The average molecular weight is 349 g/mol. The molecule has 2 atom stereocenters. The molecule has 0 aliphatic carbocycles. The predicted octanol–water partition coefficient (Wildman–Crippen LogP) is 2.38. The molecule has 0 aromatic rings. The van der Waals surface area contributed by atoms with Crippen LogP contribution in [0.2, 0.25) is 0 Å². The van der Waals surface area contributed by atoms with Gasteiger partial charge in [-0.2, -0.15) is 0 Å². The molecule has 1 spiro atoms. The lowest BCUT2D eigenvalue weighted by Gasteiger charge is -2.46. The molecular weight excluding hydrogens is 318 g/mol. The number of piperidine rings is 2. The van der Waals surface area contributed by atoms with Crippen molar-refractivity contribution in [3.05, 3.63) is 0 Å². The van der Waals surface area contributed by atoms with E-state index < -0.39 is 6.09 Å². The second-order valence-electron chi connectivity index (χ2n) is 9.03. The number of nitrogens with zero attached hydrogens (tertiary/aromatic N) is 3. The maximum atomic E-state index is 12.3. The van der Waals surface area contributed by atoms with Crippen LogP contribution in [-0.2, 0) is 4.79 Å². The summed E-state index contributed by atoms with van der Waals surface area (Å²) in [7, 11) is 0. The van der Waals surface area contributed by atoms with Gasteiger partial charge >= 0.3 is 6.09 Å². The van der Waals surface area contributed by atoms with Crippen LogP contribution in [0.4, 0.5) is 4.79 Å². The highest BCUT2D eigenvalue weighted by molar-refractivity contribution is 5.79. The highest BCUT2D eigenvalue weighted by Gasteiger charge is 2.49. The Bertz CT molecular complexity index is 542. The number of hydrogen-bond donors (Lipinski definition) is 1. The van der Waals surface area contributed by atoms with E-state index in [1.165, 1.54) is 0 Å². The Hall–Kier alpha value is -1.30. The Morgan fingerprint density at radius 2 is 1.72 bits per heavy atom. The van der Waals surface area contributed by atoms with E-state index in [1.54, 1.807) is 4.90 Å². The van der Waals surface area contributed by atoms with Crippen LogP contribution in [0.1, 0.15) is 58.8 Å². The first kappa shape index (κ1) is 17.1. The van der Waals surface area contributed by atoms with Crippen LogP contribution in [-0.4, -0.2) is 75.6 Å². The predicted molar refractivity (Wildman–Crippen MR) is 94.4 cm³/mol. The first-order chi connectivity index (χ1) is 11.9. The molecule has 0 aromatic heterocycles. The molecule has 6 nitrogen and oxygen atoms in total. The molecule has 4 aliphatic rings. The molecule has 6 heteroatoms. The fraction of sp³-hybridized carbons (Fsp3) is 0.895. The number of carbonyl (C=O) groups is 2. The summed E-state index contributed by atoms with van der Waals surface area (Å²) in [5.41, 5.74) is 0.193. The largest absolute Gasteiger partial charge is 0.465 e. The van der Waals surface area contributed by atoms with Crippen LogP contribution in [0.5, 0.6) is 0 Å². The van der Waals surface area contributed by atoms with E-state index in [2.05, 4.69) is 23.6 Å². The lowest BCUT2D eigenvalue weighted by molar-refractivity contribution is -0.129. The van der Waals surface area contributed by atoms with Gasteiger partial charge in [0.25, 0.3) is 0 Å². The van der Waals surface area contributed by atoms with E-state index in [-0.39, 0.29) is 17.5 Å². The summed E-state index contributed by atoms with van der Waals surface area (Å²) in [6.07, 6.45) is 6.25. The molecule has 2 amide bonds. The number of carboxylic acid groups (broad SMARTS) is 1. The number of amides is 2. The van der Waals surface area contributed by atoms with E-state index in [9.17, 15) is 14.7 Å². The summed E-state index contributed by atoms with van der Waals surface area (Å²) >= 11 is 0.